The fraction of sp³-hybridized carbons (Fsp3) is 0.560. The van der Waals surface area contributed by atoms with Gasteiger partial charge in [0.25, 0.3) is 5.91 Å². The second-order valence-corrected chi connectivity index (χ2v) is 9.78. The Bertz CT molecular complexity index is 997. The monoisotopic (exact) mass is 482 g/mol. The minimum absolute atomic E-state index is 0.169. The number of rotatable bonds is 11. The van der Waals surface area contributed by atoms with Crippen LogP contribution in [0.2, 0.25) is 0 Å². The Labute approximate surface area is 207 Å². The molecule has 190 valence electrons. The van der Waals surface area contributed by atoms with Crippen molar-refractivity contribution in [3.63, 3.8) is 0 Å². The van der Waals surface area contributed by atoms with Crippen LogP contribution in [0.5, 0.6) is 0 Å². The molecule has 1 fully saturated rings. The maximum absolute atomic E-state index is 13.0. The second-order valence-electron chi connectivity index (χ2n) is 9.78. The van der Waals surface area contributed by atoms with Crippen molar-refractivity contribution in [1.82, 2.24) is 30.4 Å². The first-order chi connectivity index (χ1) is 16.9. The molecule has 2 aliphatic rings. The molecule has 0 saturated carbocycles. The van der Waals surface area contributed by atoms with Gasteiger partial charge in [0, 0.05) is 65.5 Å². The third kappa shape index (κ3) is 7.11. The van der Waals surface area contributed by atoms with Crippen LogP contribution in [0.15, 0.2) is 30.3 Å². The minimum Gasteiger partial charge on any atom is -0.390 e. The van der Waals surface area contributed by atoms with Crippen molar-refractivity contribution in [2.24, 2.45) is 0 Å². The third-order valence-corrected chi connectivity index (χ3v) is 6.48. The number of likely N-dealkylation sites (N-methyl/N-ethyl adjacent to an activating group) is 2. The van der Waals surface area contributed by atoms with Gasteiger partial charge in [-0.3, -0.25) is 9.69 Å². The Morgan fingerprint density at radius 2 is 1.97 bits per heavy atom. The summed E-state index contributed by atoms with van der Waals surface area (Å²) in [7, 11) is 5.96. The van der Waals surface area contributed by atoms with Crippen LogP contribution >= 0.6 is 0 Å². The third-order valence-electron chi connectivity index (χ3n) is 6.48. The van der Waals surface area contributed by atoms with Gasteiger partial charge in [-0.25, -0.2) is 4.98 Å². The fourth-order valence-electron chi connectivity index (χ4n) is 4.22. The molecule has 1 amide bonds. The highest BCUT2D eigenvalue weighted by atomic mass is 16.3. The second kappa shape index (κ2) is 11.8. The van der Waals surface area contributed by atoms with E-state index in [1.807, 2.05) is 26.0 Å². The summed E-state index contributed by atoms with van der Waals surface area (Å²) in [4.78, 5) is 28.4. The topological polar surface area (TPSA) is 109 Å². The van der Waals surface area contributed by atoms with E-state index in [1.165, 1.54) is 11.1 Å². The lowest BCUT2D eigenvalue weighted by Crippen LogP contribution is -2.51. The standard InChI is InChI=1S/C25H38N8O2/c1-31(2)10-11-32(3)25-29-22(12-23(30-25)28-20-13-26-14-20)24(35)27-15-21(34)17-33-9-8-18-6-4-5-7-19(18)16-33/h4-7,12,20-21,26,34H,8-11,13-17H2,1-3H3,(H,27,35)(H,28,29,30)/t21-/m0/s1. The molecule has 10 nitrogen and oxygen atoms in total. The molecule has 4 N–H and O–H groups in total. The normalized spacial score (nSPS) is 16.9. The largest absolute Gasteiger partial charge is 0.390 e. The maximum atomic E-state index is 13.0. The number of aliphatic hydroxyl groups excluding tert-OH is 1. The van der Waals surface area contributed by atoms with Crippen molar-refractivity contribution >= 4 is 17.7 Å². The van der Waals surface area contributed by atoms with Gasteiger partial charge in [0.2, 0.25) is 5.95 Å². The first kappa shape index (κ1) is 25.3. The van der Waals surface area contributed by atoms with Crippen LogP contribution in [0.4, 0.5) is 11.8 Å². The van der Waals surface area contributed by atoms with Crippen molar-refractivity contribution in [2.75, 3.05) is 77.2 Å². The number of aliphatic hydroxyl groups is 1. The summed E-state index contributed by atoms with van der Waals surface area (Å²) < 4.78 is 0. The smallest absolute Gasteiger partial charge is 0.270 e. The Morgan fingerprint density at radius 1 is 1.20 bits per heavy atom. The highest BCUT2D eigenvalue weighted by molar-refractivity contribution is 5.93. The Morgan fingerprint density at radius 3 is 2.69 bits per heavy atom. The molecule has 2 aromatic rings. The van der Waals surface area contributed by atoms with Crippen molar-refractivity contribution in [3.05, 3.63) is 47.2 Å². The number of hydrogen-bond acceptors (Lipinski definition) is 9. The van der Waals surface area contributed by atoms with Crippen LogP contribution in [0.25, 0.3) is 0 Å². The van der Waals surface area contributed by atoms with Gasteiger partial charge in [0.15, 0.2) is 0 Å². The molecule has 4 rings (SSSR count). The van der Waals surface area contributed by atoms with E-state index < -0.39 is 6.10 Å². The van der Waals surface area contributed by atoms with E-state index in [2.05, 4.69) is 60.0 Å². The van der Waals surface area contributed by atoms with Gasteiger partial charge >= 0.3 is 0 Å². The van der Waals surface area contributed by atoms with Gasteiger partial charge in [-0.15, -0.1) is 0 Å². The lowest BCUT2D eigenvalue weighted by molar-refractivity contribution is 0.0838. The summed E-state index contributed by atoms with van der Waals surface area (Å²) >= 11 is 0. The predicted octanol–water partition coefficient (Wildman–Crippen LogP) is 0.00710. The molecule has 3 heterocycles. The number of nitrogens with one attached hydrogen (secondary N) is 3. The first-order valence-electron chi connectivity index (χ1n) is 12.3. The number of nitrogens with zero attached hydrogens (tertiary/aromatic N) is 5. The summed E-state index contributed by atoms with van der Waals surface area (Å²) in [5.74, 6) is 0.824. The maximum Gasteiger partial charge on any atom is 0.270 e. The summed E-state index contributed by atoms with van der Waals surface area (Å²) in [6.07, 6.45) is 0.319. The van der Waals surface area contributed by atoms with Gasteiger partial charge in [-0.2, -0.15) is 4.98 Å². The number of hydrogen-bond donors (Lipinski definition) is 4. The van der Waals surface area contributed by atoms with Crippen molar-refractivity contribution in [2.45, 2.75) is 25.1 Å². The van der Waals surface area contributed by atoms with E-state index in [4.69, 9.17) is 0 Å². The van der Waals surface area contributed by atoms with Crippen LogP contribution in [0.1, 0.15) is 21.6 Å². The van der Waals surface area contributed by atoms with E-state index in [-0.39, 0.29) is 18.5 Å². The molecule has 0 unspecified atom stereocenters. The van der Waals surface area contributed by atoms with Gasteiger partial charge in [0.1, 0.15) is 11.5 Å². The molecular formula is C25H38N8O2. The van der Waals surface area contributed by atoms with Crippen LogP contribution < -0.4 is 20.9 Å². The van der Waals surface area contributed by atoms with Gasteiger partial charge in [0.05, 0.1) is 12.1 Å². The number of β-amino-alcohol motifs (C(OH)–C–C–N with tert-alkyl or cyclic N) is 1. The zero-order chi connectivity index (χ0) is 24.8. The molecule has 35 heavy (non-hydrogen) atoms. The minimum atomic E-state index is -0.660. The molecule has 0 bridgehead atoms. The molecule has 0 spiro atoms. The average molecular weight is 483 g/mol. The quantitative estimate of drug-likeness (QED) is 0.352. The molecule has 0 radical (unpaired) electrons. The number of benzene rings is 1. The number of anilines is 2. The first-order valence-corrected chi connectivity index (χ1v) is 12.3. The van der Waals surface area contributed by atoms with E-state index >= 15 is 0 Å². The van der Waals surface area contributed by atoms with Gasteiger partial charge < -0.3 is 30.9 Å². The lowest BCUT2D eigenvalue weighted by Gasteiger charge is -2.30. The van der Waals surface area contributed by atoms with Crippen LogP contribution in [-0.2, 0) is 13.0 Å². The molecule has 2 aliphatic heterocycles. The summed E-state index contributed by atoms with van der Waals surface area (Å²) in [6, 6.07) is 10.4. The number of amides is 1. The lowest BCUT2D eigenvalue weighted by atomic mass is 10.00. The van der Waals surface area contributed by atoms with Gasteiger partial charge in [-0.1, -0.05) is 24.3 Å². The molecule has 10 heteroatoms. The Hall–Kier alpha value is -2.79. The molecule has 1 saturated heterocycles. The SMILES string of the molecule is CN(C)CCN(C)c1nc(NC2CNC2)cc(C(=O)NC[C@H](O)CN2CCc3ccccc3C2)n1. The highest BCUT2D eigenvalue weighted by Gasteiger charge is 2.22. The Balaban J connectivity index is 1.35. The van der Waals surface area contributed by atoms with E-state index in [0.717, 1.165) is 45.7 Å². The van der Waals surface area contributed by atoms with Gasteiger partial charge in [-0.05, 0) is 31.6 Å². The highest BCUT2D eigenvalue weighted by Crippen LogP contribution is 2.19. The molecule has 1 atom stereocenters. The Kier molecular flexibility index (Phi) is 8.50. The molecular weight excluding hydrogens is 444 g/mol. The van der Waals surface area contributed by atoms with E-state index in [1.54, 1.807) is 6.07 Å². The number of carbonyl (C=O) groups is 1. The number of aromatic nitrogens is 2. The molecule has 1 aromatic carbocycles. The average Bonchev–Trinajstić information content (AvgIpc) is 2.83. The van der Waals surface area contributed by atoms with Crippen LogP contribution in [0, 0.1) is 0 Å². The molecule has 0 aliphatic carbocycles. The number of carbonyl (C=O) groups excluding carboxylic acids is 1. The summed E-state index contributed by atoms with van der Waals surface area (Å²) in [5.41, 5.74) is 2.98. The van der Waals surface area contributed by atoms with Crippen LogP contribution in [0.3, 0.4) is 0 Å². The summed E-state index contributed by atoms with van der Waals surface area (Å²) in [6.45, 7) is 5.72. The van der Waals surface area contributed by atoms with E-state index in [9.17, 15) is 9.90 Å². The predicted molar refractivity (Wildman–Crippen MR) is 138 cm³/mol. The summed E-state index contributed by atoms with van der Waals surface area (Å²) in [5, 5.41) is 20.1. The van der Waals surface area contributed by atoms with E-state index in [0.29, 0.717) is 24.0 Å². The van der Waals surface area contributed by atoms with Crippen LogP contribution in [-0.4, -0.2) is 110 Å². The zero-order valence-corrected chi connectivity index (χ0v) is 21.0. The zero-order valence-electron chi connectivity index (χ0n) is 21.0. The van der Waals surface area contributed by atoms with Crippen molar-refractivity contribution in [3.8, 4) is 0 Å². The fourth-order valence-corrected chi connectivity index (χ4v) is 4.22. The van der Waals surface area contributed by atoms with Crippen molar-refractivity contribution < 1.29 is 9.90 Å². The van der Waals surface area contributed by atoms with Crippen molar-refractivity contribution in [1.29, 1.82) is 0 Å². The number of fused-ring (bicyclic) bond motifs is 1. The molecule has 1 aromatic heterocycles.